The van der Waals surface area contributed by atoms with Crippen molar-refractivity contribution in [3.8, 4) is 0 Å². The lowest BCUT2D eigenvalue weighted by Gasteiger charge is -2.07. The van der Waals surface area contributed by atoms with Crippen LogP contribution in [0, 0.1) is 5.92 Å². The second-order valence-electron chi connectivity index (χ2n) is 5.42. The normalized spacial score (nSPS) is 12.5. The molecule has 0 amide bonds. The lowest BCUT2D eigenvalue weighted by atomic mass is 10.1. The summed E-state index contributed by atoms with van der Waals surface area (Å²) >= 11 is 0. The summed E-state index contributed by atoms with van der Waals surface area (Å²) in [6.45, 7) is 6.96. The number of hydrogen-bond acceptors (Lipinski definition) is 2. The maximum absolute atomic E-state index is 5.69. The number of imidazole rings is 1. The minimum atomic E-state index is 0.549. The smallest absolute Gasteiger partial charge is 0.247 e. The molecular formula is C17H25N2O2+. The summed E-state index contributed by atoms with van der Waals surface area (Å²) in [5.74, 6) is 0.613. The Morgan fingerprint density at radius 2 is 2.00 bits per heavy atom. The lowest BCUT2D eigenvalue weighted by Crippen LogP contribution is -2.32. The molecule has 4 nitrogen and oxygen atoms in total. The molecule has 1 aromatic heterocycles. The molecule has 0 spiro atoms. The van der Waals surface area contributed by atoms with Crippen LogP contribution in [0.2, 0.25) is 0 Å². The van der Waals surface area contributed by atoms with Crippen molar-refractivity contribution in [3.05, 3.63) is 54.6 Å². The fraction of sp³-hybridized carbons (Fsp3) is 0.471. The van der Waals surface area contributed by atoms with Crippen LogP contribution >= 0.6 is 0 Å². The Balaban J connectivity index is 1.68. The van der Waals surface area contributed by atoms with Crippen LogP contribution in [0.1, 0.15) is 25.8 Å². The summed E-state index contributed by atoms with van der Waals surface area (Å²) in [6.07, 6.45) is 7.15. The first-order valence-electron chi connectivity index (χ1n) is 7.52. The van der Waals surface area contributed by atoms with Gasteiger partial charge in [0.15, 0.2) is 13.5 Å². The van der Waals surface area contributed by atoms with Gasteiger partial charge in [-0.05, 0) is 11.5 Å². The van der Waals surface area contributed by atoms with Crippen molar-refractivity contribution >= 4 is 0 Å². The number of rotatable bonds is 9. The minimum Gasteiger partial charge on any atom is -0.341 e. The quantitative estimate of drug-likeness (QED) is 0.664. The Hall–Kier alpha value is -1.65. The predicted octanol–water partition coefficient (Wildman–Crippen LogP) is 2.97. The first-order valence-corrected chi connectivity index (χ1v) is 7.52. The summed E-state index contributed by atoms with van der Waals surface area (Å²) in [6, 6.07) is 10.2. The van der Waals surface area contributed by atoms with Gasteiger partial charge in [-0.2, -0.15) is 0 Å². The largest absolute Gasteiger partial charge is 0.341 e. The molecule has 0 saturated carbocycles. The molecule has 0 unspecified atom stereocenters. The van der Waals surface area contributed by atoms with Crippen LogP contribution in [-0.4, -0.2) is 11.2 Å². The Bertz CT molecular complexity index is 511. The third-order valence-electron chi connectivity index (χ3n) is 3.44. The summed E-state index contributed by atoms with van der Waals surface area (Å²) < 4.78 is 15.4. The highest BCUT2D eigenvalue weighted by atomic mass is 16.5. The molecule has 2 aromatic rings. The van der Waals surface area contributed by atoms with Gasteiger partial charge in [0.05, 0.1) is 13.2 Å². The Kier molecular flexibility index (Phi) is 6.44. The average Bonchev–Trinajstić information content (AvgIpc) is 2.96. The fourth-order valence-corrected chi connectivity index (χ4v) is 1.91. The van der Waals surface area contributed by atoms with Crippen LogP contribution in [-0.2, 0) is 29.5 Å². The lowest BCUT2D eigenvalue weighted by molar-refractivity contribution is -0.733. The third-order valence-corrected chi connectivity index (χ3v) is 3.44. The van der Waals surface area contributed by atoms with Crippen LogP contribution in [0.15, 0.2) is 49.1 Å². The summed E-state index contributed by atoms with van der Waals surface area (Å²) in [7, 11) is 0. The molecule has 0 aliphatic heterocycles. The molecule has 1 heterocycles. The number of nitrogens with zero attached hydrogens (tertiary/aromatic N) is 2. The number of ether oxygens (including phenoxy) is 2. The second kappa shape index (κ2) is 8.60. The molecule has 0 radical (unpaired) electrons. The Morgan fingerprint density at radius 3 is 2.76 bits per heavy atom. The summed E-state index contributed by atoms with van der Waals surface area (Å²) in [5, 5.41) is 0. The van der Waals surface area contributed by atoms with Gasteiger partial charge in [0.1, 0.15) is 12.4 Å². The number of aromatic nitrogens is 2. The molecule has 0 N–H and O–H groups in total. The van der Waals surface area contributed by atoms with Gasteiger partial charge in [-0.3, -0.25) is 0 Å². The van der Waals surface area contributed by atoms with Crippen molar-refractivity contribution in [2.75, 3.05) is 6.61 Å². The molecule has 0 saturated heterocycles. The fourth-order valence-electron chi connectivity index (χ4n) is 1.91. The van der Waals surface area contributed by atoms with Crippen LogP contribution in [0.25, 0.3) is 0 Å². The van der Waals surface area contributed by atoms with E-state index in [1.807, 2.05) is 46.1 Å². The molecule has 0 aliphatic carbocycles. The molecule has 1 atom stereocenters. The van der Waals surface area contributed by atoms with Crippen molar-refractivity contribution in [2.45, 2.75) is 40.3 Å². The highest BCUT2D eigenvalue weighted by Crippen LogP contribution is 2.02. The molecule has 0 bridgehead atoms. The van der Waals surface area contributed by atoms with E-state index in [1.165, 1.54) is 5.56 Å². The van der Waals surface area contributed by atoms with Crippen molar-refractivity contribution in [1.29, 1.82) is 0 Å². The van der Waals surface area contributed by atoms with Crippen molar-refractivity contribution < 1.29 is 14.0 Å². The SMILES string of the molecule is CC[C@H](C)COCn1cc[n+](COCc2ccccc2)c1. The van der Waals surface area contributed by atoms with Gasteiger partial charge in [0.25, 0.3) is 0 Å². The van der Waals surface area contributed by atoms with Gasteiger partial charge in [0, 0.05) is 0 Å². The van der Waals surface area contributed by atoms with Crippen LogP contribution < -0.4 is 4.57 Å². The molecule has 4 heteroatoms. The Labute approximate surface area is 126 Å². The summed E-state index contributed by atoms with van der Waals surface area (Å²) in [4.78, 5) is 0. The summed E-state index contributed by atoms with van der Waals surface area (Å²) in [5.41, 5.74) is 1.19. The van der Waals surface area contributed by atoms with E-state index < -0.39 is 0 Å². The van der Waals surface area contributed by atoms with Crippen LogP contribution in [0.5, 0.6) is 0 Å². The first kappa shape index (κ1) is 15.7. The van der Waals surface area contributed by atoms with E-state index in [0.717, 1.165) is 13.0 Å². The molecule has 0 aliphatic rings. The molecular weight excluding hydrogens is 264 g/mol. The van der Waals surface area contributed by atoms with Gasteiger partial charge in [-0.1, -0.05) is 50.6 Å². The first-order chi connectivity index (χ1) is 10.3. The van der Waals surface area contributed by atoms with E-state index in [1.54, 1.807) is 0 Å². The van der Waals surface area contributed by atoms with Crippen molar-refractivity contribution in [2.24, 2.45) is 5.92 Å². The Morgan fingerprint density at radius 1 is 1.19 bits per heavy atom. The van der Waals surface area contributed by atoms with E-state index >= 15 is 0 Å². The number of hydrogen-bond donors (Lipinski definition) is 0. The standard InChI is InChI=1S/C17H25N2O2/c1-3-16(2)11-20-14-18-9-10-19(13-18)15-21-12-17-7-5-4-6-8-17/h4-10,13,16H,3,11-12,14-15H2,1-2H3/q+1/t16-/m0/s1. The molecule has 114 valence electrons. The van der Waals surface area contributed by atoms with E-state index in [0.29, 0.717) is 26.0 Å². The molecule has 1 aromatic carbocycles. The van der Waals surface area contributed by atoms with Gasteiger partial charge >= 0.3 is 0 Å². The predicted molar refractivity (Wildman–Crippen MR) is 81.3 cm³/mol. The highest BCUT2D eigenvalue weighted by molar-refractivity contribution is 5.13. The van der Waals surface area contributed by atoms with Gasteiger partial charge in [0.2, 0.25) is 6.33 Å². The van der Waals surface area contributed by atoms with Gasteiger partial charge < -0.3 is 9.47 Å². The molecule has 2 rings (SSSR count). The minimum absolute atomic E-state index is 0.549. The van der Waals surface area contributed by atoms with E-state index in [2.05, 4.69) is 26.0 Å². The zero-order valence-corrected chi connectivity index (χ0v) is 12.9. The second-order valence-corrected chi connectivity index (χ2v) is 5.42. The maximum atomic E-state index is 5.69. The monoisotopic (exact) mass is 289 g/mol. The van der Waals surface area contributed by atoms with Gasteiger partial charge in [-0.15, -0.1) is 0 Å². The van der Waals surface area contributed by atoms with Crippen LogP contribution in [0.3, 0.4) is 0 Å². The molecule has 0 fully saturated rings. The van der Waals surface area contributed by atoms with Crippen molar-refractivity contribution in [1.82, 2.24) is 4.57 Å². The van der Waals surface area contributed by atoms with Crippen LogP contribution in [0.4, 0.5) is 0 Å². The average molecular weight is 289 g/mol. The van der Waals surface area contributed by atoms with Gasteiger partial charge in [-0.25, -0.2) is 9.13 Å². The van der Waals surface area contributed by atoms with Crippen molar-refractivity contribution in [3.63, 3.8) is 0 Å². The third kappa shape index (κ3) is 5.69. The number of benzene rings is 1. The topological polar surface area (TPSA) is 27.3 Å². The van der Waals surface area contributed by atoms with E-state index in [-0.39, 0.29) is 0 Å². The van der Waals surface area contributed by atoms with E-state index in [9.17, 15) is 0 Å². The maximum Gasteiger partial charge on any atom is 0.247 e. The molecule has 21 heavy (non-hydrogen) atoms. The van der Waals surface area contributed by atoms with E-state index in [4.69, 9.17) is 9.47 Å². The highest BCUT2D eigenvalue weighted by Gasteiger charge is 2.05. The zero-order chi connectivity index (χ0) is 14.9. The zero-order valence-electron chi connectivity index (χ0n) is 12.9.